The number of carbonyl (C=O) groups is 1. The van der Waals surface area contributed by atoms with Crippen molar-refractivity contribution in [3.63, 3.8) is 0 Å². The highest BCUT2D eigenvalue weighted by Gasteiger charge is 2.17. The third-order valence-corrected chi connectivity index (χ3v) is 2.54. The Bertz CT molecular complexity index is 326. The average molecular weight is 211 g/mol. The van der Waals surface area contributed by atoms with Crippen LogP contribution in [0.4, 0.5) is 0 Å². The number of nitrogens with one attached hydrogen (secondary N) is 2. The van der Waals surface area contributed by atoms with Crippen LogP contribution in [0.1, 0.15) is 11.6 Å². The molecular formula is C10H11ClN2O. The Hall–Kier alpha value is -1.06. The minimum absolute atomic E-state index is 0.0511. The maximum atomic E-state index is 10.9. The van der Waals surface area contributed by atoms with Gasteiger partial charge >= 0.3 is 0 Å². The van der Waals surface area contributed by atoms with Gasteiger partial charge in [0.15, 0.2) is 0 Å². The van der Waals surface area contributed by atoms with Gasteiger partial charge in [-0.15, -0.1) is 0 Å². The Balaban J connectivity index is 2.08. The topological polar surface area (TPSA) is 41.1 Å². The van der Waals surface area contributed by atoms with Crippen molar-refractivity contribution in [1.82, 2.24) is 10.6 Å². The summed E-state index contributed by atoms with van der Waals surface area (Å²) in [6.45, 7) is 1.02. The summed E-state index contributed by atoms with van der Waals surface area (Å²) >= 11 is 5.78. The van der Waals surface area contributed by atoms with Crippen LogP contribution in [-0.4, -0.2) is 19.0 Å². The van der Waals surface area contributed by atoms with Gasteiger partial charge < -0.3 is 5.32 Å². The number of rotatable bonds is 1. The van der Waals surface area contributed by atoms with Crippen LogP contribution in [0.2, 0.25) is 5.02 Å². The Morgan fingerprint density at radius 2 is 2.00 bits per heavy atom. The molecule has 2 N–H and O–H groups in total. The molecule has 0 saturated carbocycles. The number of hydrogen-bond donors (Lipinski definition) is 2. The molecular weight excluding hydrogens is 200 g/mol. The maximum absolute atomic E-state index is 10.9. The van der Waals surface area contributed by atoms with Gasteiger partial charge in [0.25, 0.3) is 0 Å². The first-order valence-electron chi connectivity index (χ1n) is 4.51. The molecule has 1 amide bonds. The van der Waals surface area contributed by atoms with Gasteiger partial charge in [0.05, 0.1) is 12.6 Å². The number of benzene rings is 1. The Kier molecular flexibility index (Phi) is 2.70. The lowest BCUT2D eigenvalue weighted by atomic mass is 10.1. The molecule has 0 aliphatic carbocycles. The van der Waals surface area contributed by atoms with Crippen molar-refractivity contribution in [3.05, 3.63) is 34.9 Å². The monoisotopic (exact) mass is 210 g/mol. The first kappa shape index (κ1) is 9.49. The fraction of sp³-hybridized carbons (Fsp3) is 0.300. The van der Waals surface area contributed by atoms with E-state index >= 15 is 0 Å². The predicted molar refractivity (Wildman–Crippen MR) is 55.2 cm³/mol. The van der Waals surface area contributed by atoms with Crippen LogP contribution in [0, 0.1) is 0 Å². The van der Waals surface area contributed by atoms with Crippen LogP contribution >= 0.6 is 11.6 Å². The zero-order chi connectivity index (χ0) is 9.97. The van der Waals surface area contributed by atoms with Crippen molar-refractivity contribution < 1.29 is 4.79 Å². The third kappa shape index (κ3) is 2.05. The number of halogens is 1. The zero-order valence-electron chi connectivity index (χ0n) is 7.59. The smallest absolute Gasteiger partial charge is 0.234 e. The summed E-state index contributed by atoms with van der Waals surface area (Å²) in [5.74, 6) is 0.0511. The minimum Gasteiger partial charge on any atom is -0.353 e. The summed E-state index contributed by atoms with van der Waals surface area (Å²) in [6, 6.07) is 7.85. The van der Waals surface area contributed by atoms with Crippen molar-refractivity contribution in [1.29, 1.82) is 0 Å². The van der Waals surface area contributed by atoms with Crippen LogP contribution in [0.3, 0.4) is 0 Å². The lowest BCUT2D eigenvalue weighted by molar-refractivity contribution is -0.121. The van der Waals surface area contributed by atoms with Gasteiger partial charge in [0, 0.05) is 11.6 Å². The molecule has 1 heterocycles. The zero-order valence-corrected chi connectivity index (χ0v) is 8.34. The van der Waals surface area contributed by atoms with Crippen LogP contribution in [0.25, 0.3) is 0 Å². The second kappa shape index (κ2) is 3.98. The first-order valence-corrected chi connectivity index (χ1v) is 4.89. The second-order valence-corrected chi connectivity index (χ2v) is 3.73. The summed E-state index contributed by atoms with van der Waals surface area (Å²) < 4.78 is 0. The predicted octanol–water partition coefficient (Wildman–Crippen LogP) is 1.10. The molecule has 1 aliphatic rings. The number of carbonyl (C=O) groups excluding carboxylic acids is 1. The number of amides is 1. The van der Waals surface area contributed by atoms with Crippen molar-refractivity contribution >= 4 is 17.5 Å². The fourth-order valence-electron chi connectivity index (χ4n) is 1.50. The Morgan fingerprint density at radius 3 is 2.57 bits per heavy atom. The molecule has 1 aromatic rings. The van der Waals surface area contributed by atoms with Crippen LogP contribution in [0.15, 0.2) is 24.3 Å². The van der Waals surface area contributed by atoms with E-state index < -0.39 is 0 Å². The third-order valence-electron chi connectivity index (χ3n) is 2.28. The molecule has 0 spiro atoms. The lowest BCUT2D eigenvalue weighted by Gasteiger charge is -2.24. The minimum atomic E-state index is 0.0511. The average Bonchev–Trinajstić information content (AvgIpc) is 2.21. The molecule has 1 aromatic carbocycles. The largest absolute Gasteiger partial charge is 0.353 e. The van der Waals surface area contributed by atoms with Gasteiger partial charge in [0.1, 0.15) is 0 Å². The van der Waals surface area contributed by atoms with Crippen LogP contribution < -0.4 is 10.6 Å². The molecule has 4 heteroatoms. The van der Waals surface area contributed by atoms with Crippen molar-refractivity contribution in [2.45, 2.75) is 6.04 Å². The molecule has 3 nitrogen and oxygen atoms in total. The van der Waals surface area contributed by atoms with Crippen LogP contribution in [-0.2, 0) is 4.79 Å². The molecule has 74 valence electrons. The molecule has 0 radical (unpaired) electrons. The van der Waals surface area contributed by atoms with E-state index in [2.05, 4.69) is 10.6 Å². The molecule has 1 atom stereocenters. The first-order chi connectivity index (χ1) is 6.75. The highest BCUT2D eigenvalue weighted by Crippen LogP contribution is 2.16. The van der Waals surface area contributed by atoms with E-state index in [1.165, 1.54) is 0 Å². The molecule has 2 rings (SSSR count). The SMILES string of the molecule is O=C1CNC(c2ccc(Cl)cc2)CN1. The van der Waals surface area contributed by atoms with E-state index in [1.54, 1.807) is 0 Å². The van der Waals surface area contributed by atoms with Gasteiger partial charge in [-0.25, -0.2) is 0 Å². The summed E-state index contributed by atoms with van der Waals surface area (Å²) in [4.78, 5) is 10.9. The van der Waals surface area contributed by atoms with E-state index in [9.17, 15) is 4.79 Å². The molecule has 1 unspecified atom stereocenters. The molecule has 0 bridgehead atoms. The van der Waals surface area contributed by atoms with E-state index in [4.69, 9.17) is 11.6 Å². The standard InChI is InChI=1S/C10H11ClN2O/c11-8-3-1-7(2-4-8)9-5-13-10(14)6-12-9/h1-4,9,12H,5-6H2,(H,13,14). The van der Waals surface area contributed by atoms with E-state index in [1.807, 2.05) is 24.3 Å². The highest BCUT2D eigenvalue weighted by molar-refractivity contribution is 6.30. The van der Waals surface area contributed by atoms with E-state index in [0.717, 1.165) is 10.6 Å². The Morgan fingerprint density at radius 1 is 1.29 bits per heavy atom. The molecule has 1 fully saturated rings. The normalized spacial score (nSPS) is 21.8. The number of piperazine rings is 1. The second-order valence-electron chi connectivity index (χ2n) is 3.29. The molecule has 1 aliphatic heterocycles. The maximum Gasteiger partial charge on any atom is 0.234 e. The molecule has 0 aromatic heterocycles. The van der Waals surface area contributed by atoms with E-state index in [0.29, 0.717) is 13.1 Å². The van der Waals surface area contributed by atoms with Gasteiger partial charge in [-0.1, -0.05) is 23.7 Å². The summed E-state index contributed by atoms with van der Waals surface area (Å²) in [6.07, 6.45) is 0. The summed E-state index contributed by atoms with van der Waals surface area (Å²) in [7, 11) is 0. The fourth-order valence-corrected chi connectivity index (χ4v) is 1.62. The van der Waals surface area contributed by atoms with Gasteiger partial charge in [-0.3, -0.25) is 10.1 Å². The van der Waals surface area contributed by atoms with Crippen molar-refractivity contribution in [2.75, 3.05) is 13.1 Å². The van der Waals surface area contributed by atoms with Crippen molar-refractivity contribution in [3.8, 4) is 0 Å². The highest BCUT2D eigenvalue weighted by atomic mass is 35.5. The van der Waals surface area contributed by atoms with Crippen molar-refractivity contribution in [2.24, 2.45) is 0 Å². The lowest BCUT2D eigenvalue weighted by Crippen LogP contribution is -2.46. The van der Waals surface area contributed by atoms with Crippen LogP contribution in [0.5, 0.6) is 0 Å². The van der Waals surface area contributed by atoms with Gasteiger partial charge in [0.2, 0.25) is 5.91 Å². The molecule has 14 heavy (non-hydrogen) atoms. The van der Waals surface area contributed by atoms with E-state index in [-0.39, 0.29) is 11.9 Å². The Labute approximate surface area is 87.4 Å². The summed E-state index contributed by atoms with van der Waals surface area (Å²) in [5.41, 5.74) is 1.15. The number of hydrogen-bond acceptors (Lipinski definition) is 2. The van der Waals surface area contributed by atoms with Gasteiger partial charge in [-0.2, -0.15) is 0 Å². The van der Waals surface area contributed by atoms with Gasteiger partial charge in [-0.05, 0) is 17.7 Å². The summed E-state index contributed by atoms with van der Waals surface area (Å²) in [5, 5.41) is 6.69. The molecule has 1 saturated heterocycles. The quantitative estimate of drug-likeness (QED) is 0.729.